The number of nitrogens with one attached hydrogen (secondary N) is 1. The summed E-state index contributed by atoms with van der Waals surface area (Å²) in [6.07, 6.45) is 0. The minimum absolute atomic E-state index is 0.0927. The zero-order valence-corrected chi connectivity index (χ0v) is 11.6. The van der Waals surface area contributed by atoms with Gasteiger partial charge in [0.15, 0.2) is 28.4 Å². The van der Waals surface area contributed by atoms with Gasteiger partial charge in [-0.25, -0.2) is 22.5 Å². The van der Waals surface area contributed by atoms with E-state index >= 15 is 0 Å². The Bertz CT molecular complexity index is 824. The van der Waals surface area contributed by atoms with E-state index in [1.165, 1.54) is 0 Å². The number of halogens is 5. The molecular formula is C13H5ClF4N2S. The molecule has 8 heteroatoms. The third-order valence-electron chi connectivity index (χ3n) is 2.69. The lowest BCUT2D eigenvalue weighted by atomic mass is 10.2. The largest absolute Gasteiger partial charge is 0.326 e. The number of anilines is 2. The fourth-order valence-electron chi connectivity index (χ4n) is 1.74. The maximum atomic E-state index is 13.6. The van der Waals surface area contributed by atoms with Gasteiger partial charge in [0.1, 0.15) is 5.69 Å². The molecule has 0 bridgehead atoms. The third-order valence-corrected chi connectivity index (χ3v) is 3.88. The van der Waals surface area contributed by atoms with Crippen LogP contribution in [0.5, 0.6) is 0 Å². The SMILES string of the molecule is Fc1cc(F)c(F)c(Nc2nc3cc(Cl)ccc3s2)c1F. The van der Waals surface area contributed by atoms with E-state index in [9.17, 15) is 17.6 Å². The van der Waals surface area contributed by atoms with Gasteiger partial charge in [-0.05, 0) is 18.2 Å². The monoisotopic (exact) mass is 332 g/mol. The molecule has 0 aliphatic heterocycles. The molecule has 0 amide bonds. The van der Waals surface area contributed by atoms with Gasteiger partial charge in [-0.2, -0.15) is 0 Å². The molecule has 108 valence electrons. The van der Waals surface area contributed by atoms with E-state index < -0.39 is 29.0 Å². The van der Waals surface area contributed by atoms with Crippen molar-refractivity contribution in [1.29, 1.82) is 0 Å². The van der Waals surface area contributed by atoms with Crippen molar-refractivity contribution in [1.82, 2.24) is 4.98 Å². The molecule has 0 saturated heterocycles. The number of hydrogen-bond donors (Lipinski definition) is 1. The van der Waals surface area contributed by atoms with Crippen molar-refractivity contribution in [2.24, 2.45) is 0 Å². The fourth-order valence-corrected chi connectivity index (χ4v) is 2.76. The van der Waals surface area contributed by atoms with Crippen molar-refractivity contribution in [3.8, 4) is 0 Å². The Morgan fingerprint density at radius 1 is 1.00 bits per heavy atom. The summed E-state index contributed by atoms with van der Waals surface area (Å²) in [4.78, 5) is 4.06. The summed E-state index contributed by atoms with van der Waals surface area (Å²) in [5.74, 6) is -5.99. The zero-order chi connectivity index (χ0) is 15.1. The molecule has 0 saturated carbocycles. The fraction of sp³-hybridized carbons (Fsp3) is 0. The smallest absolute Gasteiger partial charge is 0.188 e. The average Bonchev–Trinajstić information content (AvgIpc) is 2.83. The van der Waals surface area contributed by atoms with Crippen LogP contribution in [0.4, 0.5) is 28.4 Å². The first-order chi connectivity index (χ1) is 9.95. The molecule has 1 aromatic heterocycles. The number of aromatic nitrogens is 1. The van der Waals surface area contributed by atoms with Crippen LogP contribution in [-0.4, -0.2) is 4.98 Å². The van der Waals surface area contributed by atoms with Gasteiger partial charge in [0.05, 0.1) is 10.2 Å². The van der Waals surface area contributed by atoms with Gasteiger partial charge >= 0.3 is 0 Å². The number of fused-ring (bicyclic) bond motifs is 1. The quantitative estimate of drug-likeness (QED) is 0.512. The lowest BCUT2D eigenvalue weighted by Gasteiger charge is -2.07. The standard InChI is InChI=1S/C13H5ClF4N2S/c14-5-1-2-9-8(3-5)19-13(21-9)20-12-10(17)6(15)4-7(16)11(12)18/h1-4H,(H,19,20). The summed E-state index contributed by atoms with van der Waals surface area (Å²) in [5, 5.41) is 2.81. The van der Waals surface area contributed by atoms with E-state index in [4.69, 9.17) is 11.6 Å². The van der Waals surface area contributed by atoms with E-state index in [0.29, 0.717) is 15.2 Å². The Morgan fingerprint density at radius 2 is 1.67 bits per heavy atom. The highest BCUT2D eigenvalue weighted by molar-refractivity contribution is 7.22. The maximum absolute atomic E-state index is 13.6. The molecule has 21 heavy (non-hydrogen) atoms. The van der Waals surface area contributed by atoms with E-state index in [1.54, 1.807) is 18.2 Å². The van der Waals surface area contributed by atoms with Crippen molar-refractivity contribution in [3.05, 3.63) is 52.6 Å². The first kappa shape index (κ1) is 14.1. The van der Waals surface area contributed by atoms with Crippen LogP contribution in [0.3, 0.4) is 0 Å². The second-order valence-corrected chi connectivity index (χ2v) is 5.57. The summed E-state index contributed by atoms with van der Waals surface area (Å²) < 4.78 is 54.1. The van der Waals surface area contributed by atoms with Crippen molar-refractivity contribution in [2.75, 3.05) is 5.32 Å². The molecule has 2 nitrogen and oxygen atoms in total. The van der Waals surface area contributed by atoms with Gasteiger partial charge < -0.3 is 5.32 Å². The predicted molar refractivity (Wildman–Crippen MR) is 74.2 cm³/mol. The number of hydrogen-bond acceptors (Lipinski definition) is 3. The normalized spacial score (nSPS) is 11.1. The molecule has 3 aromatic rings. The number of nitrogens with zero attached hydrogens (tertiary/aromatic N) is 1. The molecule has 2 aromatic carbocycles. The Hall–Kier alpha value is -1.86. The van der Waals surface area contributed by atoms with Gasteiger partial charge in [0.2, 0.25) is 0 Å². The second kappa shape index (κ2) is 5.16. The van der Waals surface area contributed by atoms with Crippen LogP contribution in [-0.2, 0) is 0 Å². The molecule has 1 N–H and O–H groups in total. The number of rotatable bonds is 2. The lowest BCUT2D eigenvalue weighted by molar-refractivity contribution is 0.459. The molecule has 0 spiro atoms. The molecule has 0 atom stereocenters. The Balaban J connectivity index is 2.06. The molecule has 0 fully saturated rings. The summed E-state index contributed by atoms with van der Waals surface area (Å²) in [6, 6.07) is 5.03. The molecule has 0 aliphatic carbocycles. The van der Waals surface area contributed by atoms with Crippen molar-refractivity contribution in [3.63, 3.8) is 0 Å². The molecule has 0 radical (unpaired) electrons. The van der Waals surface area contributed by atoms with Crippen LogP contribution in [0.2, 0.25) is 5.02 Å². The molecule has 0 unspecified atom stereocenters. The van der Waals surface area contributed by atoms with Crippen molar-refractivity contribution in [2.45, 2.75) is 0 Å². The molecular weight excluding hydrogens is 328 g/mol. The Labute approximate surface area is 125 Å². The van der Waals surface area contributed by atoms with Crippen LogP contribution in [0.25, 0.3) is 10.2 Å². The van der Waals surface area contributed by atoms with E-state index in [1.807, 2.05) is 0 Å². The number of benzene rings is 2. The van der Waals surface area contributed by atoms with Crippen LogP contribution in [0.15, 0.2) is 24.3 Å². The van der Waals surface area contributed by atoms with Crippen LogP contribution in [0.1, 0.15) is 0 Å². The maximum Gasteiger partial charge on any atom is 0.188 e. The van der Waals surface area contributed by atoms with Gasteiger partial charge in [-0.15, -0.1) is 0 Å². The second-order valence-electron chi connectivity index (χ2n) is 4.10. The summed E-state index contributed by atoms with van der Waals surface area (Å²) in [5.41, 5.74) is -0.412. The minimum atomic E-state index is -1.51. The van der Waals surface area contributed by atoms with Crippen molar-refractivity contribution >= 4 is 44.0 Å². The predicted octanol–water partition coefficient (Wildman–Crippen LogP) is 5.25. The summed E-state index contributed by atoms with van der Waals surface area (Å²) in [7, 11) is 0. The van der Waals surface area contributed by atoms with E-state index in [-0.39, 0.29) is 11.2 Å². The van der Waals surface area contributed by atoms with Crippen LogP contribution >= 0.6 is 22.9 Å². The molecule has 1 heterocycles. The molecule has 0 aliphatic rings. The van der Waals surface area contributed by atoms with Gasteiger partial charge in [0, 0.05) is 11.1 Å². The lowest BCUT2D eigenvalue weighted by Crippen LogP contribution is -2.02. The van der Waals surface area contributed by atoms with Gasteiger partial charge in [0.25, 0.3) is 0 Å². The summed E-state index contributed by atoms with van der Waals surface area (Å²) >= 11 is 6.88. The van der Waals surface area contributed by atoms with E-state index in [0.717, 1.165) is 11.3 Å². The minimum Gasteiger partial charge on any atom is -0.326 e. The highest BCUT2D eigenvalue weighted by Gasteiger charge is 2.20. The Kier molecular flexibility index (Phi) is 3.46. The first-order valence-electron chi connectivity index (χ1n) is 5.62. The average molecular weight is 333 g/mol. The summed E-state index contributed by atoms with van der Waals surface area (Å²) in [6.45, 7) is 0. The molecule has 3 rings (SSSR count). The van der Waals surface area contributed by atoms with Gasteiger partial charge in [-0.1, -0.05) is 22.9 Å². The topological polar surface area (TPSA) is 24.9 Å². The van der Waals surface area contributed by atoms with E-state index in [2.05, 4.69) is 10.3 Å². The van der Waals surface area contributed by atoms with Crippen LogP contribution < -0.4 is 5.32 Å². The Morgan fingerprint density at radius 3 is 2.33 bits per heavy atom. The third kappa shape index (κ3) is 2.54. The van der Waals surface area contributed by atoms with Crippen molar-refractivity contribution < 1.29 is 17.6 Å². The highest BCUT2D eigenvalue weighted by atomic mass is 35.5. The van der Waals surface area contributed by atoms with Gasteiger partial charge in [-0.3, -0.25) is 0 Å². The first-order valence-corrected chi connectivity index (χ1v) is 6.81. The highest BCUT2D eigenvalue weighted by Crippen LogP contribution is 2.32. The number of thiazole rings is 1. The zero-order valence-electron chi connectivity index (χ0n) is 10.1. The van der Waals surface area contributed by atoms with Crippen LogP contribution in [0, 0.1) is 23.3 Å².